The van der Waals surface area contributed by atoms with Gasteiger partial charge in [-0.25, -0.2) is 0 Å². The molecule has 1 heterocycles. The number of hydrogen-bond donors (Lipinski definition) is 0. The van der Waals surface area contributed by atoms with Gasteiger partial charge < -0.3 is 14.4 Å². The SMILES string of the molecule is COc1cc2c(cc1OC)N(C(=O)C1CC1)CCC2. The first-order valence-electron chi connectivity index (χ1n) is 6.81. The molecule has 3 rings (SSSR count). The van der Waals surface area contributed by atoms with Crippen molar-refractivity contribution in [2.45, 2.75) is 25.7 Å². The summed E-state index contributed by atoms with van der Waals surface area (Å²) in [5, 5.41) is 0. The fourth-order valence-electron chi connectivity index (χ4n) is 2.69. The molecular formula is C15H19NO3. The maximum atomic E-state index is 12.3. The van der Waals surface area contributed by atoms with Crippen molar-refractivity contribution in [2.75, 3.05) is 25.7 Å². The van der Waals surface area contributed by atoms with E-state index in [0.717, 1.165) is 43.7 Å². The Balaban J connectivity index is 2.00. The number of fused-ring (bicyclic) bond motifs is 1. The lowest BCUT2D eigenvalue weighted by atomic mass is 10.0. The first kappa shape index (κ1) is 12.3. The van der Waals surface area contributed by atoms with E-state index in [1.165, 1.54) is 5.56 Å². The Morgan fingerprint density at radius 1 is 1.21 bits per heavy atom. The van der Waals surface area contributed by atoms with Crippen molar-refractivity contribution in [1.82, 2.24) is 0 Å². The number of amides is 1. The van der Waals surface area contributed by atoms with Gasteiger partial charge in [0.25, 0.3) is 0 Å². The highest BCUT2D eigenvalue weighted by Gasteiger charge is 2.36. The zero-order valence-corrected chi connectivity index (χ0v) is 11.4. The van der Waals surface area contributed by atoms with Gasteiger partial charge in [-0.15, -0.1) is 0 Å². The van der Waals surface area contributed by atoms with Gasteiger partial charge in [-0.2, -0.15) is 0 Å². The topological polar surface area (TPSA) is 38.8 Å². The van der Waals surface area contributed by atoms with Crippen LogP contribution < -0.4 is 14.4 Å². The van der Waals surface area contributed by atoms with Crippen LogP contribution in [-0.4, -0.2) is 26.7 Å². The van der Waals surface area contributed by atoms with Crippen LogP contribution in [0.3, 0.4) is 0 Å². The summed E-state index contributed by atoms with van der Waals surface area (Å²) >= 11 is 0. The van der Waals surface area contributed by atoms with Crippen LogP contribution in [0.4, 0.5) is 5.69 Å². The molecule has 0 spiro atoms. The van der Waals surface area contributed by atoms with E-state index >= 15 is 0 Å². The van der Waals surface area contributed by atoms with Gasteiger partial charge in [0.1, 0.15) is 0 Å². The zero-order valence-electron chi connectivity index (χ0n) is 11.4. The predicted octanol–water partition coefficient (Wildman–Crippen LogP) is 2.39. The van der Waals surface area contributed by atoms with E-state index in [1.54, 1.807) is 14.2 Å². The number of nitrogens with zero attached hydrogens (tertiary/aromatic N) is 1. The second-order valence-corrected chi connectivity index (χ2v) is 5.20. The molecule has 0 aromatic heterocycles. The van der Waals surface area contributed by atoms with Gasteiger partial charge in [-0.1, -0.05) is 0 Å². The Morgan fingerprint density at radius 3 is 2.53 bits per heavy atom. The molecule has 1 saturated carbocycles. The van der Waals surface area contributed by atoms with Crippen molar-refractivity contribution >= 4 is 11.6 Å². The second kappa shape index (κ2) is 4.76. The molecule has 1 aromatic carbocycles. The van der Waals surface area contributed by atoms with Crippen molar-refractivity contribution in [3.05, 3.63) is 17.7 Å². The van der Waals surface area contributed by atoms with E-state index in [4.69, 9.17) is 9.47 Å². The molecule has 4 heteroatoms. The van der Waals surface area contributed by atoms with Gasteiger partial charge in [0.15, 0.2) is 11.5 Å². The van der Waals surface area contributed by atoms with E-state index in [-0.39, 0.29) is 11.8 Å². The normalized spacial score (nSPS) is 17.9. The average Bonchev–Trinajstić information content (AvgIpc) is 3.28. The summed E-state index contributed by atoms with van der Waals surface area (Å²) in [5.74, 6) is 1.95. The fourth-order valence-corrected chi connectivity index (χ4v) is 2.69. The van der Waals surface area contributed by atoms with E-state index in [0.29, 0.717) is 5.75 Å². The Bertz CT molecular complexity index is 508. The predicted molar refractivity (Wildman–Crippen MR) is 72.9 cm³/mol. The zero-order chi connectivity index (χ0) is 13.4. The third-order valence-electron chi connectivity index (χ3n) is 3.90. The van der Waals surface area contributed by atoms with E-state index < -0.39 is 0 Å². The van der Waals surface area contributed by atoms with E-state index in [2.05, 4.69) is 0 Å². The van der Waals surface area contributed by atoms with Crippen LogP contribution in [0.15, 0.2) is 12.1 Å². The molecule has 1 fully saturated rings. The van der Waals surface area contributed by atoms with Crippen molar-refractivity contribution in [1.29, 1.82) is 0 Å². The van der Waals surface area contributed by atoms with Crippen LogP contribution in [0, 0.1) is 5.92 Å². The number of aryl methyl sites for hydroxylation is 1. The Morgan fingerprint density at radius 2 is 1.89 bits per heavy atom. The first-order chi connectivity index (χ1) is 9.24. The molecule has 1 amide bonds. The van der Waals surface area contributed by atoms with Crippen LogP contribution in [-0.2, 0) is 11.2 Å². The van der Waals surface area contributed by atoms with Crippen LogP contribution in [0.2, 0.25) is 0 Å². The number of methoxy groups -OCH3 is 2. The summed E-state index contributed by atoms with van der Waals surface area (Å²) in [7, 11) is 3.26. The van der Waals surface area contributed by atoms with Crippen molar-refractivity contribution in [3.8, 4) is 11.5 Å². The minimum absolute atomic E-state index is 0.249. The van der Waals surface area contributed by atoms with Crippen molar-refractivity contribution < 1.29 is 14.3 Å². The summed E-state index contributed by atoms with van der Waals surface area (Å²) in [6.45, 7) is 0.817. The van der Waals surface area contributed by atoms with Crippen LogP contribution in [0.1, 0.15) is 24.8 Å². The molecule has 1 aliphatic carbocycles. The summed E-state index contributed by atoms with van der Waals surface area (Å²) in [6.07, 6.45) is 4.08. The van der Waals surface area contributed by atoms with Crippen molar-refractivity contribution in [3.63, 3.8) is 0 Å². The highest BCUT2D eigenvalue weighted by atomic mass is 16.5. The molecule has 1 aromatic rings. The molecule has 2 aliphatic rings. The molecule has 0 unspecified atom stereocenters. The third kappa shape index (κ3) is 2.15. The standard InChI is InChI=1S/C15H19NO3/c1-18-13-8-11-4-3-7-16(15(17)10-5-6-10)12(11)9-14(13)19-2/h8-10H,3-7H2,1-2H3. The van der Waals surface area contributed by atoms with E-state index in [9.17, 15) is 4.79 Å². The Hall–Kier alpha value is -1.71. The molecule has 0 atom stereocenters. The highest BCUT2D eigenvalue weighted by molar-refractivity contribution is 5.97. The van der Waals surface area contributed by atoms with Crippen molar-refractivity contribution in [2.24, 2.45) is 5.92 Å². The number of ether oxygens (including phenoxy) is 2. The minimum atomic E-state index is 0.249. The lowest BCUT2D eigenvalue weighted by Crippen LogP contribution is -2.36. The summed E-state index contributed by atoms with van der Waals surface area (Å²) in [5.41, 5.74) is 2.18. The van der Waals surface area contributed by atoms with Crippen LogP contribution in [0.5, 0.6) is 11.5 Å². The largest absolute Gasteiger partial charge is 0.493 e. The number of benzene rings is 1. The molecular weight excluding hydrogens is 242 g/mol. The highest BCUT2D eigenvalue weighted by Crippen LogP contribution is 2.40. The van der Waals surface area contributed by atoms with Crippen LogP contribution in [0.25, 0.3) is 0 Å². The smallest absolute Gasteiger partial charge is 0.230 e. The molecule has 0 saturated heterocycles. The fraction of sp³-hybridized carbons (Fsp3) is 0.533. The van der Waals surface area contributed by atoms with Crippen LogP contribution >= 0.6 is 0 Å². The average molecular weight is 261 g/mol. The molecule has 19 heavy (non-hydrogen) atoms. The van der Waals surface area contributed by atoms with Gasteiger partial charge in [0.2, 0.25) is 5.91 Å². The first-order valence-corrected chi connectivity index (χ1v) is 6.81. The summed E-state index contributed by atoms with van der Waals surface area (Å²) in [4.78, 5) is 14.3. The van der Waals surface area contributed by atoms with Gasteiger partial charge >= 0.3 is 0 Å². The Labute approximate surface area is 113 Å². The molecule has 0 bridgehead atoms. The monoisotopic (exact) mass is 261 g/mol. The molecule has 0 radical (unpaired) electrons. The quantitative estimate of drug-likeness (QED) is 0.838. The lowest BCUT2D eigenvalue weighted by molar-refractivity contribution is -0.119. The second-order valence-electron chi connectivity index (χ2n) is 5.20. The maximum absolute atomic E-state index is 12.3. The maximum Gasteiger partial charge on any atom is 0.230 e. The lowest BCUT2D eigenvalue weighted by Gasteiger charge is -2.30. The van der Waals surface area contributed by atoms with Gasteiger partial charge in [-0.05, 0) is 37.3 Å². The number of carbonyl (C=O) groups excluding carboxylic acids is 1. The molecule has 1 aliphatic heterocycles. The van der Waals surface area contributed by atoms with E-state index in [1.807, 2.05) is 17.0 Å². The number of anilines is 1. The van der Waals surface area contributed by atoms with Gasteiger partial charge in [-0.3, -0.25) is 4.79 Å². The minimum Gasteiger partial charge on any atom is -0.493 e. The summed E-state index contributed by atoms with van der Waals surface area (Å²) in [6, 6.07) is 3.94. The number of rotatable bonds is 3. The number of hydrogen-bond acceptors (Lipinski definition) is 3. The van der Waals surface area contributed by atoms with Gasteiger partial charge in [0.05, 0.1) is 19.9 Å². The molecule has 0 N–H and O–H groups in total. The number of carbonyl (C=O) groups is 1. The summed E-state index contributed by atoms with van der Waals surface area (Å²) < 4.78 is 10.7. The molecule has 4 nitrogen and oxygen atoms in total. The molecule has 102 valence electrons. The Kier molecular flexibility index (Phi) is 3.09. The van der Waals surface area contributed by atoms with Gasteiger partial charge in [0, 0.05) is 18.5 Å². The third-order valence-corrected chi connectivity index (χ3v) is 3.90.